The minimum atomic E-state index is 0.336. The molecule has 0 spiro atoms. The molecule has 0 saturated heterocycles. The molecular weight excluding hydrogens is 364 g/mol. The van der Waals surface area contributed by atoms with Gasteiger partial charge in [0, 0.05) is 27.8 Å². The van der Waals surface area contributed by atoms with E-state index in [-0.39, 0.29) is 0 Å². The predicted molar refractivity (Wildman–Crippen MR) is 79.5 cm³/mol. The Balaban J connectivity index is 2.15. The fourth-order valence-corrected chi connectivity index (χ4v) is 3.61. The van der Waals surface area contributed by atoms with Gasteiger partial charge >= 0.3 is 0 Å². The average molecular weight is 376 g/mol. The number of hydrogen-bond donors (Lipinski definition) is 1. The molecule has 0 fully saturated rings. The number of nitrogens with one attached hydrogen (secondary N) is 1. The van der Waals surface area contributed by atoms with Crippen LogP contribution in [0, 0.1) is 0 Å². The highest BCUT2D eigenvalue weighted by molar-refractivity contribution is 9.11. The van der Waals surface area contributed by atoms with E-state index in [1.54, 1.807) is 17.5 Å². The standard InChI is InChI=1S/C12H12Br2N2S/c1-15-10(11-2-3-12(14)17-11)5-8-4-9(13)7-16-6-8/h2-4,6-7,10,15H,5H2,1H3. The summed E-state index contributed by atoms with van der Waals surface area (Å²) in [6, 6.07) is 6.69. The summed E-state index contributed by atoms with van der Waals surface area (Å²) >= 11 is 8.71. The molecule has 0 radical (unpaired) electrons. The van der Waals surface area contributed by atoms with E-state index in [2.05, 4.69) is 60.4 Å². The number of nitrogens with zero attached hydrogens (tertiary/aromatic N) is 1. The van der Waals surface area contributed by atoms with Gasteiger partial charge < -0.3 is 5.32 Å². The van der Waals surface area contributed by atoms with E-state index in [0.717, 1.165) is 10.9 Å². The molecule has 0 saturated carbocycles. The van der Waals surface area contributed by atoms with Crippen molar-refractivity contribution >= 4 is 43.2 Å². The third kappa shape index (κ3) is 3.61. The van der Waals surface area contributed by atoms with Crippen molar-refractivity contribution in [2.24, 2.45) is 0 Å². The molecule has 2 aromatic heterocycles. The first-order valence-electron chi connectivity index (χ1n) is 5.21. The quantitative estimate of drug-likeness (QED) is 0.867. The van der Waals surface area contributed by atoms with Gasteiger partial charge in [0.05, 0.1) is 3.79 Å². The predicted octanol–water partition coefficient (Wildman–Crippen LogP) is 4.17. The van der Waals surface area contributed by atoms with E-state index >= 15 is 0 Å². The van der Waals surface area contributed by atoms with Gasteiger partial charge in [0.2, 0.25) is 0 Å². The van der Waals surface area contributed by atoms with E-state index in [1.807, 2.05) is 13.2 Å². The maximum absolute atomic E-state index is 4.19. The van der Waals surface area contributed by atoms with Crippen LogP contribution in [0.1, 0.15) is 16.5 Å². The van der Waals surface area contributed by atoms with Gasteiger partial charge in [0.15, 0.2) is 0 Å². The molecule has 1 unspecified atom stereocenters. The third-order valence-electron chi connectivity index (χ3n) is 2.49. The topological polar surface area (TPSA) is 24.9 Å². The summed E-state index contributed by atoms with van der Waals surface area (Å²) in [5.74, 6) is 0. The van der Waals surface area contributed by atoms with Gasteiger partial charge in [-0.1, -0.05) is 0 Å². The van der Waals surface area contributed by atoms with Crippen LogP contribution in [0.5, 0.6) is 0 Å². The Bertz CT molecular complexity index is 499. The Morgan fingerprint density at radius 3 is 2.76 bits per heavy atom. The van der Waals surface area contributed by atoms with Gasteiger partial charge in [-0.3, -0.25) is 4.98 Å². The number of hydrogen-bond acceptors (Lipinski definition) is 3. The molecular formula is C12H12Br2N2S. The number of aromatic nitrogens is 1. The molecule has 5 heteroatoms. The fourth-order valence-electron chi connectivity index (χ4n) is 1.66. The molecule has 2 aromatic rings. The van der Waals surface area contributed by atoms with Crippen LogP contribution >= 0.6 is 43.2 Å². The number of thiophene rings is 1. The molecule has 2 nitrogen and oxygen atoms in total. The van der Waals surface area contributed by atoms with Crippen molar-refractivity contribution in [1.29, 1.82) is 0 Å². The number of pyridine rings is 1. The first kappa shape index (κ1) is 13.2. The zero-order valence-electron chi connectivity index (χ0n) is 9.28. The van der Waals surface area contributed by atoms with E-state index in [4.69, 9.17) is 0 Å². The van der Waals surface area contributed by atoms with E-state index in [1.165, 1.54) is 14.2 Å². The molecule has 90 valence electrons. The Morgan fingerprint density at radius 2 is 2.18 bits per heavy atom. The van der Waals surface area contributed by atoms with E-state index in [9.17, 15) is 0 Å². The van der Waals surface area contributed by atoms with Gasteiger partial charge in [-0.05, 0) is 69.1 Å². The fraction of sp³-hybridized carbons (Fsp3) is 0.250. The van der Waals surface area contributed by atoms with Crippen LogP contribution in [0.4, 0.5) is 0 Å². The Kier molecular flexibility index (Phi) is 4.73. The lowest BCUT2D eigenvalue weighted by Crippen LogP contribution is -2.17. The summed E-state index contributed by atoms with van der Waals surface area (Å²) < 4.78 is 2.19. The normalized spacial score (nSPS) is 12.6. The van der Waals surface area contributed by atoms with Crippen molar-refractivity contribution in [3.63, 3.8) is 0 Å². The minimum Gasteiger partial charge on any atom is -0.312 e. The summed E-state index contributed by atoms with van der Waals surface area (Å²) in [5.41, 5.74) is 1.23. The second-order valence-electron chi connectivity index (χ2n) is 3.70. The van der Waals surface area contributed by atoms with Crippen molar-refractivity contribution in [3.05, 3.63) is 49.3 Å². The van der Waals surface area contributed by atoms with Crippen molar-refractivity contribution in [1.82, 2.24) is 10.3 Å². The van der Waals surface area contributed by atoms with Crippen molar-refractivity contribution in [2.45, 2.75) is 12.5 Å². The van der Waals surface area contributed by atoms with Gasteiger partial charge in [0.25, 0.3) is 0 Å². The van der Waals surface area contributed by atoms with Crippen LogP contribution in [0.3, 0.4) is 0 Å². The summed E-state index contributed by atoms with van der Waals surface area (Å²) in [7, 11) is 1.99. The maximum Gasteiger partial charge on any atom is 0.0701 e. The molecule has 0 aromatic carbocycles. The van der Waals surface area contributed by atoms with Gasteiger partial charge in [-0.25, -0.2) is 0 Å². The zero-order chi connectivity index (χ0) is 12.3. The lowest BCUT2D eigenvalue weighted by molar-refractivity contribution is 0.601. The van der Waals surface area contributed by atoms with Crippen molar-refractivity contribution in [3.8, 4) is 0 Å². The van der Waals surface area contributed by atoms with Gasteiger partial charge in [-0.2, -0.15) is 0 Å². The van der Waals surface area contributed by atoms with Crippen molar-refractivity contribution in [2.75, 3.05) is 7.05 Å². The Hall–Kier alpha value is -0.230. The zero-order valence-corrected chi connectivity index (χ0v) is 13.3. The highest BCUT2D eigenvalue weighted by Crippen LogP contribution is 2.29. The summed E-state index contributed by atoms with van der Waals surface area (Å²) in [5, 5.41) is 3.35. The lowest BCUT2D eigenvalue weighted by Gasteiger charge is -2.14. The Morgan fingerprint density at radius 1 is 1.35 bits per heavy atom. The second-order valence-corrected chi connectivity index (χ2v) is 7.11. The minimum absolute atomic E-state index is 0.336. The van der Waals surface area contributed by atoms with Crippen LogP contribution in [0.2, 0.25) is 0 Å². The second kappa shape index (κ2) is 6.09. The third-order valence-corrected chi connectivity index (χ3v) is 4.66. The van der Waals surface area contributed by atoms with Gasteiger partial charge in [-0.15, -0.1) is 11.3 Å². The molecule has 17 heavy (non-hydrogen) atoms. The lowest BCUT2D eigenvalue weighted by atomic mass is 10.1. The first-order valence-corrected chi connectivity index (χ1v) is 7.61. The average Bonchev–Trinajstić information content (AvgIpc) is 2.73. The monoisotopic (exact) mass is 374 g/mol. The van der Waals surface area contributed by atoms with E-state index < -0.39 is 0 Å². The van der Waals surface area contributed by atoms with Crippen molar-refractivity contribution < 1.29 is 0 Å². The first-order chi connectivity index (χ1) is 8.19. The highest BCUT2D eigenvalue weighted by Gasteiger charge is 2.12. The molecule has 0 aliphatic carbocycles. The molecule has 1 atom stereocenters. The van der Waals surface area contributed by atoms with Crippen LogP contribution in [-0.2, 0) is 6.42 Å². The SMILES string of the molecule is CNC(Cc1cncc(Br)c1)c1ccc(Br)s1. The highest BCUT2D eigenvalue weighted by atomic mass is 79.9. The number of likely N-dealkylation sites (N-methyl/N-ethyl adjacent to an activating group) is 1. The molecule has 0 aliphatic heterocycles. The summed E-state index contributed by atoms with van der Waals surface area (Å²) in [6.45, 7) is 0. The Labute approximate surface area is 122 Å². The summed E-state index contributed by atoms with van der Waals surface area (Å²) in [6.07, 6.45) is 4.66. The molecule has 1 N–H and O–H groups in total. The van der Waals surface area contributed by atoms with Crippen LogP contribution in [-0.4, -0.2) is 12.0 Å². The molecule has 0 amide bonds. The van der Waals surface area contributed by atoms with Crippen LogP contribution in [0.15, 0.2) is 38.9 Å². The largest absolute Gasteiger partial charge is 0.312 e. The van der Waals surface area contributed by atoms with Crippen LogP contribution < -0.4 is 5.32 Å². The maximum atomic E-state index is 4.19. The molecule has 2 heterocycles. The van der Waals surface area contributed by atoms with Gasteiger partial charge in [0.1, 0.15) is 0 Å². The summed E-state index contributed by atoms with van der Waals surface area (Å²) in [4.78, 5) is 5.52. The smallest absolute Gasteiger partial charge is 0.0701 e. The number of halogens is 2. The molecule has 0 aliphatic rings. The molecule has 2 rings (SSSR count). The molecule has 0 bridgehead atoms. The van der Waals surface area contributed by atoms with Crippen LogP contribution in [0.25, 0.3) is 0 Å². The number of rotatable bonds is 4. The van der Waals surface area contributed by atoms with E-state index in [0.29, 0.717) is 6.04 Å².